The van der Waals surface area contributed by atoms with Crippen LogP contribution in [0.4, 0.5) is 0 Å². The van der Waals surface area contributed by atoms with Crippen molar-refractivity contribution in [3.63, 3.8) is 0 Å². The van der Waals surface area contributed by atoms with Crippen molar-refractivity contribution in [1.29, 1.82) is 0 Å². The molecule has 0 bridgehead atoms. The quantitative estimate of drug-likeness (QED) is 0.494. The summed E-state index contributed by atoms with van der Waals surface area (Å²) in [5, 5.41) is 1.53. The Bertz CT molecular complexity index is 18.8. The maximum atomic E-state index is 2.24. The van der Waals surface area contributed by atoms with Gasteiger partial charge in [0.15, 0.2) is 0 Å². The molecule has 0 heterocycles. The van der Waals surface area contributed by atoms with E-state index < -0.39 is 0 Å². The first-order valence-electron chi connectivity index (χ1n) is 2.41. The van der Waals surface area contributed by atoms with Gasteiger partial charge in [0.05, 0.1) is 0 Å². The number of hydrogen-bond donors (Lipinski definition) is 0. The van der Waals surface area contributed by atoms with Crippen LogP contribution in [-0.2, 0) is 0 Å². The number of unbranched alkanes of at least 4 members (excludes halogenated alkanes) is 1. The van der Waals surface area contributed by atoms with E-state index in [0.29, 0.717) is 0 Å². The van der Waals surface area contributed by atoms with Crippen molar-refractivity contribution in [1.82, 2.24) is 0 Å². The van der Waals surface area contributed by atoms with Crippen molar-refractivity contribution in [2.24, 2.45) is 0 Å². The second kappa shape index (κ2) is 4.54. The second-order valence-electron chi connectivity index (χ2n) is 1.35. The molecule has 0 rings (SSSR count). The maximum Gasteiger partial charge on any atom is -1.00 e. The largest absolute Gasteiger partial charge is 1.00 e. The van der Waals surface area contributed by atoms with Crippen LogP contribution in [-0.4, -0.2) is 16.5 Å². The molecule has 0 saturated heterocycles. The van der Waals surface area contributed by atoms with Gasteiger partial charge in [-0.05, 0) is 0 Å². The summed E-state index contributed by atoms with van der Waals surface area (Å²) < 4.78 is 0. The predicted molar refractivity (Wildman–Crippen MR) is 33.0 cm³/mol. The van der Waals surface area contributed by atoms with E-state index in [1.807, 2.05) is 0 Å². The van der Waals surface area contributed by atoms with Crippen LogP contribution >= 0.6 is 0 Å². The van der Waals surface area contributed by atoms with Crippen molar-refractivity contribution in [3.05, 3.63) is 0 Å². The first-order chi connectivity index (χ1) is 2.41. The zero-order chi connectivity index (χ0) is 4.12. The van der Waals surface area contributed by atoms with Crippen molar-refractivity contribution in [2.75, 3.05) is 0 Å². The summed E-state index contributed by atoms with van der Waals surface area (Å²) in [5.74, 6) is 0. The van der Waals surface area contributed by atoms with E-state index >= 15 is 0 Å². The molecule has 0 aliphatic rings. The standard InChI is InChI=1S/C4H12Ge.3H/c1-2-3-4-5;;;/h2-4H2,1,5H3;;;/q;3*-1. The Hall–Kier alpha value is 0.543. The van der Waals surface area contributed by atoms with Gasteiger partial charge in [0, 0.05) is 0 Å². The van der Waals surface area contributed by atoms with Gasteiger partial charge in [0.2, 0.25) is 0 Å². The van der Waals surface area contributed by atoms with Crippen LogP contribution in [0.3, 0.4) is 0 Å². The van der Waals surface area contributed by atoms with Gasteiger partial charge in [-0.1, -0.05) is 0 Å². The van der Waals surface area contributed by atoms with Crippen molar-refractivity contribution >= 4 is 16.5 Å². The minimum Gasteiger partial charge on any atom is -1.00 e. The van der Waals surface area contributed by atoms with Gasteiger partial charge in [-0.15, -0.1) is 0 Å². The van der Waals surface area contributed by atoms with Crippen LogP contribution in [0.15, 0.2) is 0 Å². The molecule has 0 unspecified atom stereocenters. The van der Waals surface area contributed by atoms with E-state index in [1.54, 1.807) is 0 Å². The molecule has 0 aliphatic carbocycles. The summed E-state index contributed by atoms with van der Waals surface area (Å²) in [6, 6.07) is 0. The Morgan fingerprint density at radius 2 is 2.40 bits per heavy atom. The Balaban J connectivity index is -0.0000000267. The molecular formula is C4H15Ge-3. The van der Waals surface area contributed by atoms with Crippen LogP contribution in [0.1, 0.15) is 24.0 Å². The van der Waals surface area contributed by atoms with E-state index in [9.17, 15) is 0 Å². The molecule has 0 nitrogen and oxygen atoms in total. The summed E-state index contributed by atoms with van der Waals surface area (Å²) in [5.41, 5.74) is 0. The summed E-state index contributed by atoms with van der Waals surface area (Å²) >= 11 is 1.11. The molecule has 38 valence electrons. The predicted octanol–water partition coefficient (Wildman–Crippen LogP) is 0.908. The van der Waals surface area contributed by atoms with Crippen molar-refractivity contribution in [3.8, 4) is 0 Å². The SMILES string of the molecule is CCC[CH2][GeH3].[H-].[H-].[H-]. The van der Waals surface area contributed by atoms with Crippen LogP contribution in [0.2, 0.25) is 5.25 Å². The fourth-order valence-electron chi connectivity index (χ4n) is 0.354. The summed E-state index contributed by atoms with van der Waals surface area (Å²) in [7, 11) is 0. The summed E-state index contributed by atoms with van der Waals surface area (Å²) in [6.45, 7) is 2.24. The molecule has 0 aromatic rings. The molecule has 0 amide bonds. The zero-order valence-corrected chi connectivity index (χ0v) is 8.32. The minimum atomic E-state index is 0. The minimum absolute atomic E-state index is 0. The van der Waals surface area contributed by atoms with Crippen molar-refractivity contribution in [2.45, 2.75) is 25.0 Å². The molecule has 5 heavy (non-hydrogen) atoms. The third kappa shape index (κ3) is 4.54. The molecule has 0 aromatic heterocycles. The van der Waals surface area contributed by atoms with Gasteiger partial charge in [0.25, 0.3) is 0 Å². The van der Waals surface area contributed by atoms with E-state index in [2.05, 4.69) is 6.92 Å². The number of hydrogen-bond acceptors (Lipinski definition) is 0. The average Bonchev–Trinajstić information content (AvgIpc) is 1.41. The topological polar surface area (TPSA) is 0 Å². The summed E-state index contributed by atoms with van der Waals surface area (Å²) in [4.78, 5) is 0. The Morgan fingerprint density at radius 1 is 1.80 bits per heavy atom. The molecule has 0 N–H and O–H groups in total. The first-order valence-corrected chi connectivity index (χ1v) is 5.38. The molecule has 0 radical (unpaired) electrons. The van der Waals surface area contributed by atoms with Gasteiger partial charge in [-0.25, -0.2) is 0 Å². The summed E-state index contributed by atoms with van der Waals surface area (Å²) in [6.07, 6.45) is 2.86. The van der Waals surface area contributed by atoms with Crippen LogP contribution in [0.5, 0.6) is 0 Å². The van der Waals surface area contributed by atoms with E-state index in [-0.39, 0.29) is 4.28 Å². The van der Waals surface area contributed by atoms with Crippen LogP contribution in [0, 0.1) is 0 Å². The molecule has 1 heteroatoms. The van der Waals surface area contributed by atoms with E-state index in [0.717, 1.165) is 16.5 Å². The van der Waals surface area contributed by atoms with E-state index in [1.165, 1.54) is 18.1 Å². The van der Waals surface area contributed by atoms with Gasteiger partial charge < -0.3 is 4.28 Å². The third-order valence-corrected chi connectivity index (χ3v) is 2.19. The average molecular weight is 136 g/mol. The second-order valence-corrected chi connectivity index (χ2v) is 3.45. The fraction of sp³-hybridized carbons (Fsp3) is 1.00. The Labute approximate surface area is 46.6 Å². The third-order valence-electron chi connectivity index (χ3n) is 0.707. The van der Waals surface area contributed by atoms with Crippen LogP contribution in [0.25, 0.3) is 0 Å². The Morgan fingerprint density at radius 3 is 2.40 bits per heavy atom. The van der Waals surface area contributed by atoms with Gasteiger partial charge in [-0.2, -0.15) is 0 Å². The van der Waals surface area contributed by atoms with E-state index in [4.69, 9.17) is 0 Å². The molecule has 0 aliphatic heterocycles. The van der Waals surface area contributed by atoms with Crippen LogP contribution < -0.4 is 0 Å². The molecule has 0 aromatic carbocycles. The molecule has 0 fully saturated rings. The molecule has 0 saturated carbocycles. The van der Waals surface area contributed by atoms with Crippen molar-refractivity contribution < 1.29 is 4.28 Å². The smallest absolute Gasteiger partial charge is 1.00 e. The normalized spacial score (nSPS) is 9.00. The number of rotatable bonds is 2. The van der Waals surface area contributed by atoms with Gasteiger partial charge in [-0.3, -0.25) is 0 Å². The zero-order valence-electron chi connectivity index (χ0n) is 7.12. The Kier molecular flexibility index (Phi) is 5.04. The van der Waals surface area contributed by atoms with Gasteiger partial charge in [0.1, 0.15) is 0 Å². The maximum absolute atomic E-state index is 2.24. The monoisotopic (exact) mass is 137 g/mol. The molecule has 0 atom stereocenters. The molecule has 0 spiro atoms. The fourth-order valence-corrected chi connectivity index (χ4v) is 1.84. The first kappa shape index (κ1) is 5.54. The molecular weight excluding hydrogens is 121 g/mol. The van der Waals surface area contributed by atoms with Gasteiger partial charge >= 0.3 is 41.5 Å².